The molecule has 3 atom stereocenters. The van der Waals surface area contributed by atoms with Gasteiger partial charge in [0, 0.05) is 13.1 Å². The maximum atomic E-state index is 12.0. The number of likely N-dealkylation sites (tertiary alicyclic amines) is 1. The van der Waals surface area contributed by atoms with E-state index < -0.39 is 12.0 Å². The van der Waals surface area contributed by atoms with Gasteiger partial charge in [0.25, 0.3) is 0 Å². The van der Waals surface area contributed by atoms with Crippen LogP contribution in [0, 0.1) is 11.8 Å². The van der Waals surface area contributed by atoms with Crippen LogP contribution in [0.1, 0.15) is 51.9 Å². The third-order valence-corrected chi connectivity index (χ3v) is 4.67. The van der Waals surface area contributed by atoms with Crippen LogP contribution in [-0.4, -0.2) is 41.1 Å². The SMILES string of the molecule is CC1CCCC(CCNC(=O)N2CCCC2C(=O)O)C1. The molecule has 0 bridgehead atoms. The molecule has 1 heterocycles. The fourth-order valence-corrected chi connectivity index (χ4v) is 3.57. The molecule has 1 aliphatic heterocycles. The highest BCUT2D eigenvalue weighted by atomic mass is 16.4. The van der Waals surface area contributed by atoms with Gasteiger partial charge in [-0.1, -0.05) is 26.2 Å². The molecule has 0 aromatic carbocycles. The number of carbonyl (C=O) groups is 2. The summed E-state index contributed by atoms with van der Waals surface area (Å²) in [4.78, 5) is 24.5. The first-order chi connectivity index (χ1) is 9.58. The van der Waals surface area contributed by atoms with E-state index in [0.29, 0.717) is 25.4 Å². The molecule has 3 unspecified atom stereocenters. The Morgan fingerprint density at radius 3 is 2.75 bits per heavy atom. The van der Waals surface area contributed by atoms with Gasteiger partial charge in [0.05, 0.1) is 0 Å². The fourth-order valence-electron chi connectivity index (χ4n) is 3.57. The van der Waals surface area contributed by atoms with Crippen LogP contribution in [0.4, 0.5) is 4.79 Å². The molecular weight excluding hydrogens is 256 g/mol. The van der Waals surface area contributed by atoms with Crippen molar-refractivity contribution in [3.05, 3.63) is 0 Å². The molecule has 114 valence electrons. The van der Waals surface area contributed by atoms with Gasteiger partial charge >= 0.3 is 12.0 Å². The molecule has 2 fully saturated rings. The van der Waals surface area contributed by atoms with E-state index in [9.17, 15) is 9.59 Å². The van der Waals surface area contributed by atoms with Crippen molar-refractivity contribution >= 4 is 12.0 Å². The average molecular weight is 282 g/mol. The highest BCUT2D eigenvalue weighted by Crippen LogP contribution is 2.30. The molecule has 0 radical (unpaired) electrons. The van der Waals surface area contributed by atoms with Gasteiger partial charge in [-0.2, -0.15) is 0 Å². The summed E-state index contributed by atoms with van der Waals surface area (Å²) < 4.78 is 0. The molecule has 2 rings (SSSR count). The highest BCUT2D eigenvalue weighted by molar-refractivity contribution is 5.83. The smallest absolute Gasteiger partial charge is 0.326 e. The van der Waals surface area contributed by atoms with Crippen molar-refractivity contribution in [3.8, 4) is 0 Å². The lowest BCUT2D eigenvalue weighted by atomic mass is 9.81. The van der Waals surface area contributed by atoms with Gasteiger partial charge in [-0.05, 0) is 37.5 Å². The Morgan fingerprint density at radius 2 is 2.05 bits per heavy atom. The largest absolute Gasteiger partial charge is 0.480 e. The summed E-state index contributed by atoms with van der Waals surface area (Å²) in [6, 6.07) is -0.844. The lowest BCUT2D eigenvalue weighted by Gasteiger charge is -2.27. The molecule has 2 N–H and O–H groups in total. The van der Waals surface area contributed by atoms with E-state index in [4.69, 9.17) is 5.11 Å². The molecule has 1 saturated carbocycles. The zero-order valence-corrected chi connectivity index (χ0v) is 12.3. The second kappa shape index (κ2) is 6.95. The summed E-state index contributed by atoms with van der Waals surface area (Å²) in [5.74, 6) is 0.631. The van der Waals surface area contributed by atoms with Crippen molar-refractivity contribution in [1.82, 2.24) is 10.2 Å². The topological polar surface area (TPSA) is 69.6 Å². The lowest BCUT2D eigenvalue weighted by molar-refractivity contribution is -0.141. The van der Waals surface area contributed by atoms with E-state index in [1.807, 2.05) is 0 Å². The first kappa shape index (κ1) is 15.1. The summed E-state index contributed by atoms with van der Waals surface area (Å²) in [6.45, 7) is 3.52. The number of aliphatic carboxylic acids is 1. The highest BCUT2D eigenvalue weighted by Gasteiger charge is 2.33. The molecule has 1 saturated heterocycles. The molecule has 5 heteroatoms. The summed E-state index contributed by atoms with van der Waals surface area (Å²) in [5, 5.41) is 12.0. The minimum absolute atomic E-state index is 0.209. The van der Waals surface area contributed by atoms with Crippen LogP contribution < -0.4 is 5.32 Å². The zero-order chi connectivity index (χ0) is 14.5. The summed E-state index contributed by atoms with van der Waals surface area (Å²) in [5.41, 5.74) is 0. The monoisotopic (exact) mass is 282 g/mol. The molecule has 20 heavy (non-hydrogen) atoms. The van der Waals surface area contributed by atoms with Crippen molar-refractivity contribution in [2.24, 2.45) is 11.8 Å². The third kappa shape index (κ3) is 3.87. The van der Waals surface area contributed by atoms with Gasteiger partial charge in [0.2, 0.25) is 0 Å². The maximum absolute atomic E-state index is 12.0. The van der Waals surface area contributed by atoms with Gasteiger partial charge in [-0.25, -0.2) is 9.59 Å². The predicted molar refractivity (Wildman–Crippen MR) is 76.5 cm³/mol. The van der Waals surface area contributed by atoms with Crippen molar-refractivity contribution in [1.29, 1.82) is 0 Å². The number of amides is 2. The van der Waals surface area contributed by atoms with E-state index in [1.54, 1.807) is 0 Å². The zero-order valence-electron chi connectivity index (χ0n) is 12.3. The van der Waals surface area contributed by atoms with Crippen LogP contribution in [0.3, 0.4) is 0 Å². The first-order valence-electron chi connectivity index (χ1n) is 7.85. The number of hydrogen-bond donors (Lipinski definition) is 2. The molecule has 2 amide bonds. The first-order valence-corrected chi connectivity index (χ1v) is 7.85. The van der Waals surface area contributed by atoms with E-state index in [2.05, 4.69) is 12.2 Å². The Kier molecular flexibility index (Phi) is 5.26. The number of hydrogen-bond acceptors (Lipinski definition) is 2. The van der Waals surface area contributed by atoms with Crippen LogP contribution in [-0.2, 0) is 4.79 Å². The van der Waals surface area contributed by atoms with Crippen molar-refractivity contribution in [3.63, 3.8) is 0 Å². The van der Waals surface area contributed by atoms with E-state index >= 15 is 0 Å². The molecular formula is C15H26N2O3. The average Bonchev–Trinajstić information content (AvgIpc) is 2.88. The van der Waals surface area contributed by atoms with Crippen LogP contribution in [0.15, 0.2) is 0 Å². The molecule has 0 aromatic rings. The molecule has 0 aromatic heterocycles. The van der Waals surface area contributed by atoms with Gasteiger partial charge < -0.3 is 15.3 Å². The van der Waals surface area contributed by atoms with Crippen LogP contribution in [0.5, 0.6) is 0 Å². The minimum Gasteiger partial charge on any atom is -0.480 e. The van der Waals surface area contributed by atoms with Gasteiger partial charge in [0.1, 0.15) is 6.04 Å². The van der Waals surface area contributed by atoms with Crippen molar-refractivity contribution in [2.75, 3.05) is 13.1 Å². The van der Waals surface area contributed by atoms with Crippen LogP contribution >= 0.6 is 0 Å². The minimum atomic E-state index is -0.890. The Hall–Kier alpha value is -1.26. The normalized spacial score (nSPS) is 30.2. The molecule has 2 aliphatic rings. The van der Waals surface area contributed by atoms with Gasteiger partial charge in [-0.15, -0.1) is 0 Å². The number of rotatable bonds is 4. The number of urea groups is 1. The second-order valence-electron chi connectivity index (χ2n) is 6.35. The van der Waals surface area contributed by atoms with Crippen LogP contribution in [0.2, 0.25) is 0 Å². The number of nitrogens with one attached hydrogen (secondary N) is 1. The number of nitrogens with zero attached hydrogens (tertiary/aromatic N) is 1. The molecule has 0 spiro atoms. The van der Waals surface area contributed by atoms with Crippen LogP contribution in [0.25, 0.3) is 0 Å². The number of carboxylic acid groups (broad SMARTS) is 1. The summed E-state index contributed by atoms with van der Waals surface area (Å²) >= 11 is 0. The standard InChI is InChI=1S/C15H26N2O3/c1-11-4-2-5-12(10-11)7-8-16-15(20)17-9-3-6-13(17)14(18)19/h11-13H,2-10H2,1H3,(H,16,20)(H,18,19). The number of carboxylic acids is 1. The number of carbonyl (C=O) groups excluding carboxylic acids is 1. The molecule has 1 aliphatic carbocycles. The summed E-state index contributed by atoms with van der Waals surface area (Å²) in [6.07, 6.45) is 7.53. The van der Waals surface area contributed by atoms with E-state index in [1.165, 1.54) is 30.6 Å². The Morgan fingerprint density at radius 1 is 1.25 bits per heavy atom. The van der Waals surface area contributed by atoms with E-state index in [0.717, 1.165) is 18.8 Å². The van der Waals surface area contributed by atoms with Crippen molar-refractivity contribution < 1.29 is 14.7 Å². The van der Waals surface area contributed by atoms with Crippen molar-refractivity contribution in [2.45, 2.75) is 57.9 Å². The third-order valence-electron chi connectivity index (χ3n) is 4.67. The second-order valence-corrected chi connectivity index (χ2v) is 6.35. The predicted octanol–water partition coefficient (Wildman–Crippen LogP) is 2.46. The maximum Gasteiger partial charge on any atom is 0.326 e. The fraction of sp³-hybridized carbons (Fsp3) is 0.867. The quantitative estimate of drug-likeness (QED) is 0.832. The Labute approximate surface area is 120 Å². The van der Waals surface area contributed by atoms with E-state index in [-0.39, 0.29) is 6.03 Å². The summed E-state index contributed by atoms with van der Waals surface area (Å²) in [7, 11) is 0. The molecule has 5 nitrogen and oxygen atoms in total. The Bertz CT molecular complexity index is 359. The van der Waals surface area contributed by atoms with Gasteiger partial charge in [-0.3, -0.25) is 0 Å². The Balaban J connectivity index is 1.71. The van der Waals surface area contributed by atoms with Gasteiger partial charge in [0.15, 0.2) is 0 Å². The lowest BCUT2D eigenvalue weighted by Crippen LogP contribution is -2.46.